The Bertz CT molecular complexity index is 319. The van der Waals surface area contributed by atoms with E-state index in [0.29, 0.717) is 0 Å². The first-order valence-corrected chi connectivity index (χ1v) is 5.69. The molecule has 1 aromatic rings. The lowest BCUT2D eigenvalue weighted by molar-refractivity contribution is 0.705. The first kappa shape index (κ1) is 11.3. The number of H-pyrrole nitrogens is 1. The zero-order chi connectivity index (χ0) is 10.4. The average molecular weight is 216 g/mol. The van der Waals surface area contributed by atoms with Crippen molar-refractivity contribution in [2.24, 2.45) is 7.05 Å². The van der Waals surface area contributed by atoms with Crippen LogP contribution in [-0.2, 0) is 7.05 Å². The minimum Gasteiger partial charge on any atom is -0.317 e. The summed E-state index contributed by atoms with van der Waals surface area (Å²) in [5, 5.41) is 10.3. The van der Waals surface area contributed by atoms with Gasteiger partial charge in [-0.05, 0) is 19.5 Å². The van der Waals surface area contributed by atoms with Gasteiger partial charge in [-0.3, -0.25) is 4.57 Å². The summed E-state index contributed by atoms with van der Waals surface area (Å²) in [5.74, 6) is 0.977. The number of rotatable bonds is 6. The van der Waals surface area contributed by atoms with Crippen LogP contribution in [0.4, 0.5) is 0 Å². The first-order valence-electron chi connectivity index (χ1n) is 4.70. The summed E-state index contributed by atoms with van der Waals surface area (Å²) in [7, 11) is 1.72. The lowest BCUT2D eigenvalue weighted by Crippen LogP contribution is -2.15. The zero-order valence-electron chi connectivity index (χ0n) is 8.54. The SMILES string of the molecule is CCNCCCSc1n[nH]c(=O)n1C. The molecule has 0 aliphatic heterocycles. The van der Waals surface area contributed by atoms with E-state index in [-0.39, 0.29) is 5.69 Å². The topological polar surface area (TPSA) is 62.7 Å². The molecule has 1 aromatic heterocycles. The van der Waals surface area contributed by atoms with Crippen LogP contribution < -0.4 is 11.0 Å². The van der Waals surface area contributed by atoms with Crippen molar-refractivity contribution < 1.29 is 0 Å². The minimum atomic E-state index is -0.154. The lowest BCUT2D eigenvalue weighted by atomic mass is 10.5. The van der Waals surface area contributed by atoms with Crippen LogP contribution in [0.15, 0.2) is 9.95 Å². The smallest absolute Gasteiger partial charge is 0.317 e. The second kappa shape index (κ2) is 5.87. The quantitative estimate of drug-likeness (QED) is 0.527. The maximum Gasteiger partial charge on any atom is 0.343 e. The standard InChI is InChI=1S/C8H16N4OS/c1-3-9-5-4-6-14-8-11-10-7(13)12(8)2/h9H,3-6H2,1-2H3,(H,10,13). The molecule has 0 aliphatic carbocycles. The van der Waals surface area contributed by atoms with Gasteiger partial charge < -0.3 is 5.32 Å². The average Bonchev–Trinajstić information content (AvgIpc) is 2.49. The maximum absolute atomic E-state index is 11.0. The molecule has 0 unspecified atom stereocenters. The molecular formula is C8H16N4OS. The third-order valence-corrected chi connectivity index (χ3v) is 2.93. The van der Waals surface area contributed by atoms with Crippen molar-refractivity contribution in [3.05, 3.63) is 10.5 Å². The Labute approximate surface area is 87.3 Å². The van der Waals surface area contributed by atoms with Gasteiger partial charge in [-0.2, -0.15) is 0 Å². The van der Waals surface area contributed by atoms with E-state index in [9.17, 15) is 4.79 Å². The Hall–Kier alpha value is -0.750. The maximum atomic E-state index is 11.0. The monoisotopic (exact) mass is 216 g/mol. The molecule has 0 amide bonds. The Morgan fingerprint density at radius 2 is 2.43 bits per heavy atom. The molecule has 80 valence electrons. The molecular weight excluding hydrogens is 200 g/mol. The van der Waals surface area contributed by atoms with Crippen molar-refractivity contribution in [3.8, 4) is 0 Å². The number of aromatic amines is 1. The molecule has 0 fully saturated rings. The fourth-order valence-electron chi connectivity index (χ4n) is 0.999. The summed E-state index contributed by atoms with van der Waals surface area (Å²) in [4.78, 5) is 11.0. The molecule has 0 radical (unpaired) electrons. The van der Waals surface area contributed by atoms with Crippen LogP contribution in [0.3, 0.4) is 0 Å². The number of hydrogen-bond donors (Lipinski definition) is 2. The van der Waals surface area contributed by atoms with E-state index < -0.39 is 0 Å². The highest BCUT2D eigenvalue weighted by molar-refractivity contribution is 7.99. The van der Waals surface area contributed by atoms with Crippen LogP contribution in [-0.4, -0.2) is 33.6 Å². The van der Waals surface area contributed by atoms with Gasteiger partial charge in [0.15, 0.2) is 5.16 Å². The number of thioether (sulfide) groups is 1. The van der Waals surface area contributed by atoms with E-state index in [2.05, 4.69) is 22.4 Å². The number of hydrogen-bond acceptors (Lipinski definition) is 4. The van der Waals surface area contributed by atoms with Crippen molar-refractivity contribution in [2.75, 3.05) is 18.8 Å². The first-order chi connectivity index (χ1) is 6.75. The van der Waals surface area contributed by atoms with Gasteiger partial charge in [0.2, 0.25) is 0 Å². The number of nitrogens with one attached hydrogen (secondary N) is 2. The molecule has 0 bridgehead atoms. The summed E-state index contributed by atoms with van der Waals surface area (Å²) in [6.07, 6.45) is 1.08. The van der Waals surface area contributed by atoms with E-state index >= 15 is 0 Å². The molecule has 0 saturated carbocycles. The van der Waals surface area contributed by atoms with Crippen molar-refractivity contribution in [1.29, 1.82) is 0 Å². The lowest BCUT2D eigenvalue weighted by Gasteiger charge is -2.00. The molecule has 0 atom stereocenters. The van der Waals surface area contributed by atoms with Crippen LogP contribution in [0.1, 0.15) is 13.3 Å². The molecule has 1 heterocycles. The highest BCUT2D eigenvalue weighted by atomic mass is 32.2. The Morgan fingerprint density at radius 1 is 1.64 bits per heavy atom. The molecule has 0 aromatic carbocycles. The van der Waals surface area contributed by atoms with Gasteiger partial charge in [0.05, 0.1) is 0 Å². The molecule has 5 nitrogen and oxygen atoms in total. The summed E-state index contributed by atoms with van der Waals surface area (Å²) in [5.41, 5.74) is -0.154. The Morgan fingerprint density at radius 3 is 3.00 bits per heavy atom. The second-order valence-electron chi connectivity index (χ2n) is 2.93. The van der Waals surface area contributed by atoms with E-state index in [1.54, 1.807) is 18.8 Å². The molecule has 0 aliphatic rings. The second-order valence-corrected chi connectivity index (χ2v) is 3.99. The zero-order valence-corrected chi connectivity index (χ0v) is 9.36. The number of aromatic nitrogens is 3. The summed E-state index contributed by atoms with van der Waals surface area (Å²) in [6, 6.07) is 0. The molecule has 1 rings (SSSR count). The van der Waals surface area contributed by atoms with Crippen LogP contribution in [0.2, 0.25) is 0 Å². The van der Waals surface area contributed by atoms with E-state index in [1.165, 1.54) is 4.57 Å². The normalized spacial score (nSPS) is 10.7. The van der Waals surface area contributed by atoms with Gasteiger partial charge in [0.25, 0.3) is 0 Å². The van der Waals surface area contributed by atoms with Crippen molar-refractivity contribution in [2.45, 2.75) is 18.5 Å². The van der Waals surface area contributed by atoms with E-state index in [1.807, 2.05) is 0 Å². The van der Waals surface area contributed by atoms with Gasteiger partial charge in [-0.1, -0.05) is 18.7 Å². The minimum absolute atomic E-state index is 0.154. The van der Waals surface area contributed by atoms with Gasteiger partial charge in [0, 0.05) is 12.8 Å². The Kier molecular flexibility index (Phi) is 4.75. The highest BCUT2D eigenvalue weighted by Gasteiger charge is 2.03. The van der Waals surface area contributed by atoms with Crippen LogP contribution >= 0.6 is 11.8 Å². The van der Waals surface area contributed by atoms with Gasteiger partial charge in [-0.25, -0.2) is 9.89 Å². The van der Waals surface area contributed by atoms with Gasteiger partial charge >= 0.3 is 5.69 Å². The van der Waals surface area contributed by atoms with Crippen LogP contribution in [0.25, 0.3) is 0 Å². The van der Waals surface area contributed by atoms with Gasteiger partial charge in [0.1, 0.15) is 0 Å². The Balaban J connectivity index is 2.25. The predicted octanol–water partition coefficient (Wildman–Crippen LogP) is 0.200. The number of nitrogens with zero attached hydrogens (tertiary/aromatic N) is 2. The third kappa shape index (κ3) is 3.19. The predicted molar refractivity (Wildman–Crippen MR) is 57.7 cm³/mol. The van der Waals surface area contributed by atoms with Crippen molar-refractivity contribution in [1.82, 2.24) is 20.1 Å². The van der Waals surface area contributed by atoms with E-state index in [0.717, 1.165) is 30.4 Å². The fourth-order valence-corrected chi connectivity index (χ4v) is 1.86. The summed E-state index contributed by atoms with van der Waals surface area (Å²) >= 11 is 1.60. The molecule has 0 spiro atoms. The third-order valence-electron chi connectivity index (χ3n) is 1.82. The fraction of sp³-hybridized carbons (Fsp3) is 0.750. The van der Waals surface area contributed by atoms with Crippen LogP contribution in [0, 0.1) is 0 Å². The van der Waals surface area contributed by atoms with E-state index in [4.69, 9.17) is 0 Å². The highest BCUT2D eigenvalue weighted by Crippen LogP contribution is 2.12. The largest absolute Gasteiger partial charge is 0.343 e. The van der Waals surface area contributed by atoms with Crippen molar-refractivity contribution >= 4 is 11.8 Å². The van der Waals surface area contributed by atoms with Gasteiger partial charge in [-0.15, -0.1) is 5.10 Å². The molecule has 0 saturated heterocycles. The summed E-state index contributed by atoms with van der Waals surface area (Å²) in [6.45, 7) is 4.11. The molecule has 14 heavy (non-hydrogen) atoms. The molecule has 2 N–H and O–H groups in total. The summed E-state index contributed by atoms with van der Waals surface area (Å²) < 4.78 is 1.53. The van der Waals surface area contributed by atoms with Crippen molar-refractivity contribution in [3.63, 3.8) is 0 Å². The van der Waals surface area contributed by atoms with Crippen LogP contribution in [0.5, 0.6) is 0 Å². The molecule has 6 heteroatoms.